The number of hydrogen-bond donors (Lipinski definition) is 2. The molecular weight excluding hydrogens is 245 g/mol. The second-order valence-electron chi connectivity index (χ2n) is 3.88. The molecule has 0 unspecified atom stereocenters. The van der Waals surface area contributed by atoms with Crippen molar-refractivity contribution in [3.05, 3.63) is 59.4 Å². The molecule has 0 bridgehead atoms. The van der Waals surface area contributed by atoms with Crippen LogP contribution < -0.4 is 11.1 Å². The standard InChI is InChI=1S/C14H10FN3O/c15-12-5-4-10(7-13(12)17)14(19)18-11-3-1-2-9(6-11)8-16/h1-7H,17H2,(H,18,19). The lowest BCUT2D eigenvalue weighted by Gasteiger charge is -2.06. The third kappa shape index (κ3) is 2.87. The second kappa shape index (κ2) is 5.19. The maximum atomic E-state index is 13.0. The highest BCUT2D eigenvalue weighted by atomic mass is 19.1. The van der Waals surface area contributed by atoms with Gasteiger partial charge >= 0.3 is 0 Å². The van der Waals surface area contributed by atoms with Crippen molar-refractivity contribution < 1.29 is 9.18 Å². The van der Waals surface area contributed by atoms with Gasteiger partial charge in [-0.3, -0.25) is 4.79 Å². The van der Waals surface area contributed by atoms with Crippen molar-refractivity contribution in [1.82, 2.24) is 0 Å². The summed E-state index contributed by atoms with van der Waals surface area (Å²) in [5, 5.41) is 11.4. The Kier molecular flexibility index (Phi) is 3.44. The number of rotatable bonds is 2. The highest BCUT2D eigenvalue weighted by molar-refractivity contribution is 6.04. The number of amides is 1. The van der Waals surface area contributed by atoms with E-state index < -0.39 is 11.7 Å². The van der Waals surface area contributed by atoms with Crippen LogP contribution in [-0.2, 0) is 0 Å². The van der Waals surface area contributed by atoms with Crippen molar-refractivity contribution in [2.45, 2.75) is 0 Å². The molecular formula is C14H10FN3O. The molecule has 2 aromatic carbocycles. The van der Waals surface area contributed by atoms with Crippen LogP contribution in [0.4, 0.5) is 15.8 Å². The number of halogens is 1. The Morgan fingerprint density at radius 1 is 1.26 bits per heavy atom. The van der Waals surface area contributed by atoms with E-state index in [9.17, 15) is 9.18 Å². The number of nitrogens with two attached hydrogens (primary N) is 1. The highest BCUT2D eigenvalue weighted by Crippen LogP contribution is 2.15. The van der Waals surface area contributed by atoms with Crippen LogP contribution in [0.25, 0.3) is 0 Å². The topological polar surface area (TPSA) is 78.9 Å². The zero-order valence-electron chi connectivity index (χ0n) is 9.85. The van der Waals surface area contributed by atoms with Crippen molar-refractivity contribution in [1.29, 1.82) is 5.26 Å². The molecule has 0 heterocycles. The monoisotopic (exact) mass is 255 g/mol. The van der Waals surface area contributed by atoms with Gasteiger partial charge in [0.15, 0.2) is 0 Å². The predicted molar refractivity (Wildman–Crippen MR) is 69.9 cm³/mol. The molecule has 0 spiro atoms. The molecule has 0 atom stereocenters. The number of anilines is 2. The number of hydrogen-bond acceptors (Lipinski definition) is 3. The fraction of sp³-hybridized carbons (Fsp3) is 0. The Morgan fingerprint density at radius 3 is 2.74 bits per heavy atom. The summed E-state index contributed by atoms with van der Waals surface area (Å²) in [5.41, 5.74) is 6.50. The molecule has 1 amide bonds. The number of nitrogen functional groups attached to an aromatic ring is 1. The molecule has 5 heteroatoms. The van der Waals surface area contributed by atoms with E-state index in [-0.39, 0.29) is 11.3 Å². The number of nitrogens with one attached hydrogen (secondary N) is 1. The van der Waals surface area contributed by atoms with E-state index in [1.807, 2.05) is 6.07 Å². The van der Waals surface area contributed by atoms with Gasteiger partial charge in [0.1, 0.15) is 5.82 Å². The van der Waals surface area contributed by atoms with Crippen molar-refractivity contribution >= 4 is 17.3 Å². The van der Waals surface area contributed by atoms with Crippen molar-refractivity contribution in [2.24, 2.45) is 0 Å². The molecule has 0 aliphatic heterocycles. The van der Waals surface area contributed by atoms with Gasteiger partial charge in [-0.25, -0.2) is 4.39 Å². The first-order valence-electron chi connectivity index (χ1n) is 5.46. The molecule has 0 radical (unpaired) electrons. The molecule has 0 aliphatic carbocycles. The van der Waals surface area contributed by atoms with Gasteiger partial charge in [-0.15, -0.1) is 0 Å². The average Bonchev–Trinajstić information content (AvgIpc) is 2.42. The van der Waals surface area contributed by atoms with Gasteiger partial charge in [-0.05, 0) is 36.4 Å². The lowest BCUT2D eigenvalue weighted by atomic mass is 10.1. The fourth-order valence-electron chi connectivity index (χ4n) is 1.55. The summed E-state index contributed by atoms with van der Waals surface area (Å²) in [4.78, 5) is 11.9. The van der Waals surface area contributed by atoms with Gasteiger partial charge in [0.25, 0.3) is 5.91 Å². The molecule has 94 valence electrons. The van der Waals surface area contributed by atoms with Crippen LogP contribution in [0, 0.1) is 17.1 Å². The Hall–Kier alpha value is -2.87. The lowest BCUT2D eigenvalue weighted by Crippen LogP contribution is -2.12. The zero-order chi connectivity index (χ0) is 13.8. The van der Waals surface area contributed by atoms with E-state index in [0.29, 0.717) is 11.3 Å². The predicted octanol–water partition coefficient (Wildman–Crippen LogP) is 2.53. The third-order valence-corrected chi connectivity index (χ3v) is 2.51. The molecule has 0 fully saturated rings. The summed E-state index contributed by atoms with van der Waals surface area (Å²) in [6.07, 6.45) is 0. The Morgan fingerprint density at radius 2 is 2.05 bits per heavy atom. The lowest BCUT2D eigenvalue weighted by molar-refractivity contribution is 0.102. The molecule has 19 heavy (non-hydrogen) atoms. The van der Waals surface area contributed by atoms with E-state index in [2.05, 4.69) is 5.32 Å². The van der Waals surface area contributed by atoms with Gasteiger partial charge in [0.05, 0.1) is 17.3 Å². The minimum Gasteiger partial charge on any atom is -0.396 e. The first-order valence-corrected chi connectivity index (χ1v) is 5.46. The number of nitrogens with zero attached hydrogens (tertiary/aromatic N) is 1. The molecule has 4 nitrogen and oxygen atoms in total. The van der Waals surface area contributed by atoms with Crippen LogP contribution in [0.15, 0.2) is 42.5 Å². The van der Waals surface area contributed by atoms with Gasteiger partial charge in [0, 0.05) is 11.3 Å². The molecule has 3 N–H and O–H groups in total. The zero-order valence-corrected chi connectivity index (χ0v) is 9.85. The van der Waals surface area contributed by atoms with Crippen LogP contribution in [0.3, 0.4) is 0 Å². The first-order chi connectivity index (χ1) is 9.10. The first kappa shape index (κ1) is 12.6. The molecule has 0 saturated heterocycles. The van der Waals surface area contributed by atoms with Crippen molar-refractivity contribution in [3.63, 3.8) is 0 Å². The van der Waals surface area contributed by atoms with Crippen LogP contribution in [0.5, 0.6) is 0 Å². The van der Waals surface area contributed by atoms with Crippen molar-refractivity contribution in [3.8, 4) is 6.07 Å². The SMILES string of the molecule is N#Cc1cccc(NC(=O)c2ccc(F)c(N)c2)c1. The minimum absolute atomic E-state index is 0.0848. The molecule has 0 aliphatic rings. The summed E-state index contributed by atoms with van der Waals surface area (Å²) >= 11 is 0. The molecule has 2 aromatic rings. The van der Waals surface area contributed by atoms with E-state index in [4.69, 9.17) is 11.0 Å². The quantitative estimate of drug-likeness (QED) is 0.809. The number of carbonyl (C=O) groups excluding carboxylic acids is 1. The summed E-state index contributed by atoms with van der Waals surface area (Å²) in [6.45, 7) is 0. The minimum atomic E-state index is -0.567. The summed E-state index contributed by atoms with van der Waals surface area (Å²) in [7, 11) is 0. The number of nitriles is 1. The van der Waals surface area contributed by atoms with Crippen LogP contribution in [0.1, 0.15) is 15.9 Å². The van der Waals surface area contributed by atoms with Crippen LogP contribution in [0.2, 0.25) is 0 Å². The van der Waals surface area contributed by atoms with Gasteiger partial charge in [0.2, 0.25) is 0 Å². The molecule has 0 saturated carbocycles. The van der Waals surface area contributed by atoms with E-state index in [1.54, 1.807) is 24.3 Å². The van der Waals surface area contributed by atoms with Crippen molar-refractivity contribution in [2.75, 3.05) is 11.1 Å². The Labute approximate surface area is 109 Å². The summed E-state index contributed by atoms with van der Waals surface area (Å²) in [6, 6.07) is 12.2. The maximum Gasteiger partial charge on any atom is 0.255 e. The normalized spacial score (nSPS) is 9.68. The third-order valence-electron chi connectivity index (χ3n) is 2.51. The van der Waals surface area contributed by atoms with E-state index >= 15 is 0 Å². The van der Waals surface area contributed by atoms with Crippen LogP contribution >= 0.6 is 0 Å². The molecule has 2 rings (SSSR count). The Balaban J connectivity index is 2.21. The molecule has 0 aromatic heterocycles. The highest BCUT2D eigenvalue weighted by Gasteiger charge is 2.08. The number of benzene rings is 2. The van der Waals surface area contributed by atoms with Crippen LogP contribution in [-0.4, -0.2) is 5.91 Å². The van der Waals surface area contributed by atoms with E-state index in [1.165, 1.54) is 12.1 Å². The smallest absolute Gasteiger partial charge is 0.255 e. The van der Waals surface area contributed by atoms with E-state index in [0.717, 1.165) is 6.07 Å². The van der Waals surface area contributed by atoms with Gasteiger partial charge in [-0.2, -0.15) is 5.26 Å². The fourth-order valence-corrected chi connectivity index (χ4v) is 1.55. The maximum absolute atomic E-state index is 13.0. The Bertz CT molecular complexity index is 677. The largest absolute Gasteiger partial charge is 0.396 e. The average molecular weight is 255 g/mol. The summed E-state index contributed by atoms with van der Waals surface area (Å²) in [5.74, 6) is -0.982. The van der Waals surface area contributed by atoms with Gasteiger partial charge in [-0.1, -0.05) is 6.07 Å². The number of carbonyl (C=O) groups is 1. The van der Waals surface area contributed by atoms with Gasteiger partial charge < -0.3 is 11.1 Å². The summed E-state index contributed by atoms with van der Waals surface area (Å²) < 4.78 is 13.0. The second-order valence-corrected chi connectivity index (χ2v) is 3.88.